The average molecular weight is 355 g/mol. The van der Waals surface area contributed by atoms with Gasteiger partial charge in [-0.15, -0.1) is 11.3 Å². The molecule has 130 valence electrons. The molecule has 0 aromatic carbocycles. The van der Waals surface area contributed by atoms with Crippen molar-refractivity contribution in [1.29, 1.82) is 0 Å². The lowest BCUT2D eigenvalue weighted by molar-refractivity contribution is 0.302. The van der Waals surface area contributed by atoms with Crippen LogP contribution in [0.2, 0.25) is 0 Å². The van der Waals surface area contributed by atoms with Gasteiger partial charge in [-0.2, -0.15) is 11.8 Å². The lowest BCUT2D eigenvalue weighted by atomic mass is 10.1. The fraction of sp³-hybridized carbons (Fsp3) is 0.706. The molecule has 4 nitrogen and oxygen atoms in total. The van der Waals surface area contributed by atoms with Gasteiger partial charge in [-0.05, 0) is 58.0 Å². The van der Waals surface area contributed by atoms with Crippen LogP contribution in [0.15, 0.2) is 22.5 Å². The second-order valence-corrected chi connectivity index (χ2v) is 9.13. The summed E-state index contributed by atoms with van der Waals surface area (Å²) in [5.41, 5.74) is 0. The molecule has 0 radical (unpaired) electrons. The van der Waals surface area contributed by atoms with E-state index in [-0.39, 0.29) is 0 Å². The van der Waals surface area contributed by atoms with Crippen molar-refractivity contribution >= 4 is 29.1 Å². The summed E-state index contributed by atoms with van der Waals surface area (Å²) in [6.07, 6.45) is 2.60. The summed E-state index contributed by atoms with van der Waals surface area (Å²) in [4.78, 5) is 8.48. The van der Waals surface area contributed by atoms with E-state index in [4.69, 9.17) is 4.99 Å². The number of guanidine groups is 1. The van der Waals surface area contributed by atoms with Crippen LogP contribution in [-0.4, -0.2) is 55.1 Å². The van der Waals surface area contributed by atoms with Crippen LogP contribution in [0.5, 0.6) is 0 Å². The van der Waals surface area contributed by atoms with Crippen LogP contribution in [-0.2, 0) is 0 Å². The van der Waals surface area contributed by atoms with Gasteiger partial charge in [-0.25, -0.2) is 0 Å². The SMILES string of the molecule is CCNC(=NCC1(C)CCCS1)NCC(c1cccs1)N(C)C. The third-order valence-corrected chi connectivity index (χ3v) is 6.67. The molecule has 2 heterocycles. The zero-order valence-electron chi connectivity index (χ0n) is 14.8. The molecule has 2 rings (SSSR count). The number of aliphatic imine (C=N–C) groups is 1. The fourth-order valence-corrected chi connectivity index (χ4v) is 4.91. The van der Waals surface area contributed by atoms with E-state index >= 15 is 0 Å². The van der Waals surface area contributed by atoms with Crippen molar-refractivity contribution in [2.24, 2.45) is 4.99 Å². The number of rotatable bonds is 7. The van der Waals surface area contributed by atoms with E-state index in [1.165, 1.54) is 23.5 Å². The zero-order chi connectivity index (χ0) is 16.7. The van der Waals surface area contributed by atoms with Gasteiger partial charge in [0.25, 0.3) is 0 Å². The topological polar surface area (TPSA) is 39.7 Å². The van der Waals surface area contributed by atoms with Crippen molar-refractivity contribution in [3.63, 3.8) is 0 Å². The van der Waals surface area contributed by atoms with Crippen LogP contribution < -0.4 is 10.6 Å². The Morgan fingerprint density at radius 1 is 1.43 bits per heavy atom. The van der Waals surface area contributed by atoms with Crippen LogP contribution in [0, 0.1) is 0 Å². The molecular weight excluding hydrogens is 324 g/mol. The predicted octanol–water partition coefficient (Wildman–Crippen LogP) is 3.19. The van der Waals surface area contributed by atoms with E-state index in [1.54, 1.807) is 0 Å². The Labute approximate surface area is 149 Å². The molecule has 0 amide bonds. The van der Waals surface area contributed by atoms with E-state index < -0.39 is 0 Å². The fourth-order valence-electron chi connectivity index (χ4n) is 2.76. The molecule has 0 bridgehead atoms. The van der Waals surface area contributed by atoms with Crippen molar-refractivity contribution in [2.75, 3.05) is 39.5 Å². The number of nitrogens with zero attached hydrogens (tertiary/aromatic N) is 2. The molecule has 6 heteroatoms. The van der Waals surface area contributed by atoms with Crippen LogP contribution in [0.1, 0.15) is 37.6 Å². The van der Waals surface area contributed by atoms with Crippen LogP contribution in [0.3, 0.4) is 0 Å². The summed E-state index contributed by atoms with van der Waals surface area (Å²) in [7, 11) is 4.26. The van der Waals surface area contributed by atoms with Gasteiger partial charge in [0.15, 0.2) is 5.96 Å². The van der Waals surface area contributed by atoms with Crippen molar-refractivity contribution in [2.45, 2.75) is 37.5 Å². The molecule has 1 saturated heterocycles. The Balaban J connectivity index is 1.95. The normalized spacial score (nSPS) is 23.3. The maximum atomic E-state index is 4.84. The zero-order valence-corrected chi connectivity index (χ0v) is 16.4. The summed E-state index contributed by atoms with van der Waals surface area (Å²) in [5, 5.41) is 9.05. The molecule has 1 aromatic heterocycles. The molecule has 2 unspecified atom stereocenters. The molecule has 0 saturated carbocycles. The smallest absolute Gasteiger partial charge is 0.191 e. The van der Waals surface area contributed by atoms with Crippen molar-refractivity contribution < 1.29 is 0 Å². The summed E-state index contributed by atoms with van der Waals surface area (Å²) in [5.74, 6) is 2.21. The predicted molar refractivity (Wildman–Crippen MR) is 105 cm³/mol. The number of thiophene rings is 1. The van der Waals surface area contributed by atoms with Crippen LogP contribution >= 0.6 is 23.1 Å². The average Bonchev–Trinajstić information content (AvgIpc) is 3.17. The molecule has 0 aliphatic carbocycles. The first-order valence-corrected chi connectivity index (χ1v) is 10.3. The van der Waals surface area contributed by atoms with E-state index in [1.807, 2.05) is 11.3 Å². The van der Waals surface area contributed by atoms with Gasteiger partial charge < -0.3 is 15.5 Å². The van der Waals surface area contributed by atoms with Crippen molar-refractivity contribution in [1.82, 2.24) is 15.5 Å². The molecule has 0 spiro atoms. The Bertz CT molecular complexity index is 479. The number of nitrogens with one attached hydrogen (secondary N) is 2. The molecule has 1 aliphatic rings. The minimum atomic E-state index is 0.317. The number of hydrogen-bond donors (Lipinski definition) is 2. The van der Waals surface area contributed by atoms with Gasteiger partial charge in [0.2, 0.25) is 0 Å². The van der Waals surface area contributed by atoms with Gasteiger partial charge in [-0.1, -0.05) is 6.07 Å². The van der Waals surface area contributed by atoms with Gasteiger partial charge in [0.05, 0.1) is 12.6 Å². The lowest BCUT2D eigenvalue weighted by Gasteiger charge is -2.25. The van der Waals surface area contributed by atoms with Crippen molar-refractivity contribution in [3.05, 3.63) is 22.4 Å². The standard InChI is InChI=1S/C17H30N4S2/c1-5-18-16(20-13-17(2)9-7-11-23-17)19-12-14(21(3)4)15-8-6-10-22-15/h6,8,10,14H,5,7,9,11-13H2,1-4H3,(H2,18,19,20). The largest absolute Gasteiger partial charge is 0.357 e. The Morgan fingerprint density at radius 3 is 2.83 bits per heavy atom. The second kappa shape index (κ2) is 8.94. The minimum absolute atomic E-state index is 0.317. The molecule has 2 N–H and O–H groups in total. The molecule has 1 aromatic rings. The highest BCUT2D eigenvalue weighted by molar-refractivity contribution is 8.00. The molecule has 2 atom stereocenters. The Morgan fingerprint density at radius 2 is 2.26 bits per heavy atom. The first-order valence-electron chi connectivity index (χ1n) is 8.40. The molecule has 1 fully saturated rings. The second-order valence-electron chi connectivity index (χ2n) is 6.47. The Kier molecular flexibility index (Phi) is 7.24. The first kappa shape index (κ1) is 18.6. The summed E-state index contributed by atoms with van der Waals surface area (Å²) >= 11 is 3.88. The molecular formula is C17H30N4S2. The maximum absolute atomic E-state index is 4.84. The number of thioether (sulfide) groups is 1. The third-order valence-electron chi connectivity index (χ3n) is 4.17. The van der Waals surface area contributed by atoms with Crippen LogP contribution in [0.4, 0.5) is 0 Å². The highest BCUT2D eigenvalue weighted by Gasteiger charge is 2.29. The lowest BCUT2D eigenvalue weighted by Crippen LogP contribution is -2.42. The van der Waals surface area contributed by atoms with Gasteiger partial charge >= 0.3 is 0 Å². The quantitative estimate of drug-likeness (QED) is 0.583. The monoisotopic (exact) mass is 354 g/mol. The van der Waals surface area contributed by atoms with Crippen LogP contribution in [0.25, 0.3) is 0 Å². The highest BCUT2D eigenvalue weighted by atomic mass is 32.2. The summed E-state index contributed by atoms with van der Waals surface area (Å²) < 4.78 is 0.317. The Hall–Kier alpha value is -0.720. The maximum Gasteiger partial charge on any atom is 0.191 e. The van der Waals surface area contributed by atoms with Crippen molar-refractivity contribution in [3.8, 4) is 0 Å². The van der Waals surface area contributed by atoms with Gasteiger partial charge in [-0.3, -0.25) is 4.99 Å². The van der Waals surface area contributed by atoms with Gasteiger partial charge in [0, 0.05) is 22.7 Å². The van der Waals surface area contributed by atoms with E-state index in [2.05, 4.69) is 72.8 Å². The highest BCUT2D eigenvalue weighted by Crippen LogP contribution is 2.37. The third kappa shape index (κ3) is 5.69. The summed E-state index contributed by atoms with van der Waals surface area (Å²) in [6.45, 7) is 7.10. The number of likely N-dealkylation sites (N-methyl/N-ethyl adjacent to an activating group) is 1. The molecule has 1 aliphatic heterocycles. The van der Waals surface area contributed by atoms with Gasteiger partial charge in [0.1, 0.15) is 0 Å². The first-order chi connectivity index (χ1) is 11.0. The van der Waals surface area contributed by atoms with E-state index in [0.29, 0.717) is 10.8 Å². The van der Waals surface area contributed by atoms with E-state index in [9.17, 15) is 0 Å². The minimum Gasteiger partial charge on any atom is -0.357 e. The number of hydrogen-bond acceptors (Lipinski definition) is 4. The van der Waals surface area contributed by atoms with E-state index in [0.717, 1.165) is 25.6 Å². The molecule has 23 heavy (non-hydrogen) atoms. The summed E-state index contributed by atoms with van der Waals surface area (Å²) in [6, 6.07) is 4.70.